The van der Waals surface area contributed by atoms with Crippen molar-refractivity contribution in [3.8, 4) is 34.4 Å². The van der Waals surface area contributed by atoms with E-state index in [9.17, 15) is 0 Å². The molecule has 0 spiro atoms. The zero-order valence-corrected chi connectivity index (χ0v) is 37.5. The minimum absolute atomic E-state index is 0.522. The number of furan rings is 2. The van der Waals surface area contributed by atoms with Gasteiger partial charge in [-0.25, -0.2) is 4.98 Å². The molecule has 10 aromatic carbocycles. The fraction of sp³-hybridized carbons (Fsp3) is 0.0317. The summed E-state index contributed by atoms with van der Waals surface area (Å²) in [7, 11) is 0. The molecule has 5 aromatic heterocycles. The van der Waals surface area contributed by atoms with Crippen molar-refractivity contribution in [1.29, 1.82) is 0 Å². The standard InChI is InChI=1S/C63H37N5O2/c1-2-17-39-33-53-48(32-38(39)16-1)57-41-18-5-3-14-36(41)29-31-52(57)67(53)40-34-49(59-46-30-28-37-15-4-6-19-42(37)60(46)70-56(59)35-40)62-64-61(47-23-13-27-55-58(47)45-22-9-12-26-54(45)69-55)65-63(66-62)68-50-24-10-7-20-43(50)44-21-8-11-25-51(44)68/h1-11,13-25,27-35H,12,26H2. The lowest BCUT2D eigenvalue weighted by Gasteiger charge is -2.14. The van der Waals surface area contributed by atoms with E-state index in [0.717, 1.165) is 117 Å². The molecule has 5 heterocycles. The molecule has 0 aliphatic heterocycles. The molecule has 326 valence electrons. The zero-order chi connectivity index (χ0) is 45.6. The number of allylic oxidation sites excluding steroid dienone is 1. The van der Waals surface area contributed by atoms with Gasteiger partial charge in [0, 0.05) is 72.3 Å². The van der Waals surface area contributed by atoms with Gasteiger partial charge < -0.3 is 13.4 Å². The lowest BCUT2D eigenvalue weighted by atomic mass is 9.99. The van der Waals surface area contributed by atoms with Gasteiger partial charge in [-0.05, 0) is 81.9 Å². The molecule has 0 saturated carbocycles. The Kier molecular flexibility index (Phi) is 7.60. The lowest BCUT2D eigenvalue weighted by molar-refractivity contribution is 0.546. The van der Waals surface area contributed by atoms with Gasteiger partial charge in [-0.3, -0.25) is 4.57 Å². The van der Waals surface area contributed by atoms with Crippen molar-refractivity contribution in [2.45, 2.75) is 12.8 Å². The Morgan fingerprint density at radius 1 is 0.400 bits per heavy atom. The number of nitrogens with zero attached hydrogens (tertiary/aromatic N) is 5. The molecule has 0 atom stereocenters. The normalized spacial score (nSPS) is 13.0. The Labute approximate surface area is 398 Å². The Morgan fingerprint density at radius 3 is 1.87 bits per heavy atom. The number of para-hydroxylation sites is 2. The number of fused-ring (bicyclic) bond motifs is 17. The average molecular weight is 896 g/mol. The van der Waals surface area contributed by atoms with Crippen molar-refractivity contribution < 1.29 is 8.83 Å². The summed E-state index contributed by atoms with van der Waals surface area (Å²) >= 11 is 0. The summed E-state index contributed by atoms with van der Waals surface area (Å²) in [6.45, 7) is 0. The maximum atomic E-state index is 7.16. The predicted octanol–water partition coefficient (Wildman–Crippen LogP) is 16.5. The van der Waals surface area contributed by atoms with Gasteiger partial charge in [-0.2, -0.15) is 9.97 Å². The van der Waals surface area contributed by atoms with Crippen LogP contribution < -0.4 is 0 Å². The first-order chi connectivity index (χ1) is 34.7. The molecule has 7 nitrogen and oxygen atoms in total. The summed E-state index contributed by atoms with van der Waals surface area (Å²) in [5.41, 5.74) is 10.4. The van der Waals surface area contributed by atoms with Crippen molar-refractivity contribution >= 4 is 115 Å². The molecular formula is C63H37N5O2. The quantitative estimate of drug-likeness (QED) is 0.176. The molecule has 70 heavy (non-hydrogen) atoms. The molecule has 0 radical (unpaired) electrons. The molecule has 15 aromatic rings. The maximum absolute atomic E-state index is 7.16. The third-order valence-electron chi connectivity index (χ3n) is 14.8. The summed E-state index contributed by atoms with van der Waals surface area (Å²) in [5, 5.41) is 14.5. The Morgan fingerprint density at radius 2 is 1.07 bits per heavy atom. The zero-order valence-electron chi connectivity index (χ0n) is 37.5. The van der Waals surface area contributed by atoms with Crippen molar-refractivity contribution in [2.24, 2.45) is 0 Å². The number of aryl methyl sites for hydroxylation is 1. The van der Waals surface area contributed by atoms with Crippen LogP contribution in [0, 0.1) is 0 Å². The molecule has 0 saturated heterocycles. The van der Waals surface area contributed by atoms with E-state index < -0.39 is 0 Å². The highest BCUT2D eigenvalue weighted by Crippen LogP contribution is 2.45. The fourth-order valence-corrected chi connectivity index (χ4v) is 11.7. The second-order valence-corrected chi connectivity index (χ2v) is 18.6. The monoisotopic (exact) mass is 895 g/mol. The first-order valence-electron chi connectivity index (χ1n) is 23.9. The lowest BCUT2D eigenvalue weighted by Crippen LogP contribution is -2.07. The Bertz CT molecular complexity index is 4740. The number of rotatable bonds is 4. The van der Waals surface area contributed by atoms with Crippen LogP contribution in [0.5, 0.6) is 0 Å². The van der Waals surface area contributed by atoms with Crippen LogP contribution in [0.25, 0.3) is 149 Å². The molecule has 0 N–H and O–H groups in total. The first kappa shape index (κ1) is 37.7. The summed E-state index contributed by atoms with van der Waals surface area (Å²) < 4.78 is 18.3. The van der Waals surface area contributed by atoms with E-state index in [2.05, 4.69) is 197 Å². The van der Waals surface area contributed by atoms with Crippen molar-refractivity contribution in [2.75, 3.05) is 0 Å². The number of hydrogen-bond donors (Lipinski definition) is 0. The molecule has 1 aliphatic carbocycles. The second kappa shape index (κ2) is 14.1. The van der Waals surface area contributed by atoms with Gasteiger partial charge in [0.2, 0.25) is 5.95 Å². The highest BCUT2D eigenvalue weighted by molar-refractivity contribution is 6.24. The summed E-state index contributed by atoms with van der Waals surface area (Å²) in [6, 6.07) is 67.0. The molecule has 7 heteroatoms. The van der Waals surface area contributed by atoms with Crippen LogP contribution >= 0.6 is 0 Å². The predicted molar refractivity (Wildman–Crippen MR) is 286 cm³/mol. The van der Waals surface area contributed by atoms with Gasteiger partial charge in [0.05, 0.1) is 27.8 Å². The van der Waals surface area contributed by atoms with Crippen molar-refractivity contribution in [1.82, 2.24) is 24.1 Å². The average Bonchev–Trinajstić information content (AvgIpc) is 4.17. The number of benzene rings is 10. The van der Waals surface area contributed by atoms with E-state index in [0.29, 0.717) is 17.6 Å². The molecule has 1 aliphatic rings. The summed E-state index contributed by atoms with van der Waals surface area (Å²) in [5.74, 6) is 2.60. The molecular weight excluding hydrogens is 859 g/mol. The van der Waals surface area contributed by atoms with Crippen LogP contribution in [0.1, 0.15) is 17.7 Å². The van der Waals surface area contributed by atoms with Crippen molar-refractivity contribution in [3.63, 3.8) is 0 Å². The molecule has 16 rings (SSSR count). The molecule has 0 bridgehead atoms. The van der Waals surface area contributed by atoms with Crippen LogP contribution in [0.3, 0.4) is 0 Å². The topological polar surface area (TPSA) is 74.8 Å². The van der Waals surface area contributed by atoms with Crippen LogP contribution in [-0.4, -0.2) is 24.1 Å². The second-order valence-electron chi connectivity index (χ2n) is 18.6. The molecule has 0 amide bonds. The van der Waals surface area contributed by atoms with Crippen LogP contribution in [-0.2, 0) is 6.42 Å². The van der Waals surface area contributed by atoms with Gasteiger partial charge in [0.25, 0.3) is 0 Å². The van der Waals surface area contributed by atoms with E-state index >= 15 is 0 Å². The Hall–Kier alpha value is -9.33. The summed E-state index contributed by atoms with van der Waals surface area (Å²) in [6.07, 6.45) is 6.20. The third kappa shape index (κ3) is 5.26. The first-order valence-corrected chi connectivity index (χ1v) is 23.9. The van der Waals surface area contributed by atoms with Crippen LogP contribution in [0.2, 0.25) is 0 Å². The fourth-order valence-electron chi connectivity index (χ4n) is 11.7. The van der Waals surface area contributed by atoms with Crippen LogP contribution in [0.15, 0.2) is 203 Å². The van der Waals surface area contributed by atoms with E-state index in [1.807, 2.05) is 12.1 Å². The SMILES string of the molecule is C1=Cc2c(oc3cccc(-c4nc(-c5cc(-n6c7cc8ccccc8cc7c7c8ccccc8ccc76)cc6oc7c8ccccc8ccc7c56)nc(-n5c6ccccc6c6ccccc65)n4)c23)CC1. The van der Waals surface area contributed by atoms with Gasteiger partial charge >= 0.3 is 0 Å². The highest BCUT2D eigenvalue weighted by Gasteiger charge is 2.26. The van der Waals surface area contributed by atoms with Crippen LogP contribution in [0.4, 0.5) is 0 Å². The summed E-state index contributed by atoms with van der Waals surface area (Å²) in [4.78, 5) is 16.7. The third-order valence-corrected chi connectivity index (χ3v) is 14.8. The minimum Gasteiger partial charge on any atom is -0.460 e. The van der Waals surface area contributed by atoms with Gasteiger partial charge in [0.15, 0.2) is 11.6 Å². The van der Waals surface area contributed by atoms with E-state index in [1.54, 1.807) is 0 Å². The Balaban J connectivity index is 1.07. The van der Waals surface area contributed by atoms with E-state index in [1.165, 1.54) is 32.3 Å². The maximum Gasteiger partial charge on any atom is 0.238 e. The van der Waals surface area contributed by atoms with E-state index in [-0.39, 0.29) is 0 Å². The van der Waals surface area contributed by atoms with Gasteiger partial charge in [0.1, 0.15) is 22.5 Å². The largest absolute Gasteiger partial charge is 0.460 e. The van der Waals surface area contributed by atoms with E-state index in [4.69, 9.17) is 23.8 Å². The highest BCUT2D eigenvalue weighted by atomic mass is 16.3. The van der Waals surface area contributed by atoms with Crippen molar-refractivity contribution in [3.05, 3.63) is 205 Å². The molecule has 0 fully saturated rings. The minimum atomic E-state index is 0.522. The molecule has 0 unspecified atom stereocenters. The number of aromatic nitrogens is 5. The van der Waals surface area contributed by atoms with Gasteiger partial charge in [-0.1, -0.05) is 146 Å². The smallest absolute Gasteiger partial charge is 0.238 e. The van der Waals surface area contributed by atoms with Gasteiger partial charge in [-0.15, -0.1) is 0 Å². The number of hydrogen-bond acceptors (Lipinski definition) is 5.